The highest BCUT2D eigenvalue weighted by Gasteiger charge is 2.29. The molecule has 0 bridgehead atoms. The van der Waals surface area contributed by atoms with E-state index in [4.69, 9.17) is 0 Å². The zero-order chi connectivity index (χ0) is 14.9. The maximum Gasteiger partial charge on any atom is 0.246 e. The summed E-state index contributed by atoms with van der Waals surface area (Å²) in [6.45, 7) is 8.48. The SMILES string of the molecule is Cc1cc(C)c(NC(=O)C(C)N2CCCC2=O)c(C)c1. The quantitative estimate of drug-likeness (QED) is 0.921. The van der Waals surface area contributed by atoms with Crippen LogP contribution in [0.1, 0.15) is 36.5 Å². The van der Waals surface area contributed by atoms with Crippen LogP contribution in [-0.4, -0.2) is 29.3 Å². The maximum atomic E-state index is 12.3. The van der Waals surface area contributed by atoms with Gasteiger partial charge in [0.25, 0.3) is 0 Å². The van der Waals surface area contributed by atoms with Crippen LogP contribution in [0.3, 0.4) is 0 Å². The first-order chi connectivity index (χ1) is 9.40. The van der Waals surface area contributed by atoms with Crippen molar-refractivity contribution in [3.05, 3.63) is 28.8 Å². The summed E-state index contributed by atoms with van der Waals surface area (Å²) in [7, 11) is 0. The average molecular weight is 274 g/mol. The van der Waals surface area contributed by atoms with Gasteiger partial charge in [-0.2, -0.15) is 0 Å². The largest absolute Gasteiger partial charge is 0.331 e. The van der Waals surface area contributed by atoms with Gasteiger partial charge in [-0.05, 0) is 45.2 Å². The first-order valence-corrected chi connectivity index (χ1v) is 7.08. The molecule has 2 rings (SSSR count). The fraction of sp³-hybridized carbons (Fsp3) is 0.500. The molecule has 1 aromatic carbocycles. The van der Waals surface area contributed by atoms with Gasteiger partial charge in [0, 0.05) is 18.7 Å². The number of carbonyl (C=O) groups is 2. The second kappa shape index (κ2) is 5.65. The van der Waals surface area contributed by atoms with E-state index in [-0.39, 0.29) is 11.8 Å². The molecule has 1 aromatic rings. The summed E-state index contributed by atoms with van der Waals surface area (Å²) < 4.78 is 0. The lowest BCUT2D eigenvalue weighted by Crippen LogP contribution is -2.42. The topological polar surface area (TPSA) is 49.4 Å². The van der Waals surface area contributed by atoms with Gasteiger partial charge in [0.05, 0.1) is 0 Å². The van der Waals surface area contributed by atoms with Crippen LogP contribution < -0.4 is 5.32 Å². The summed E-state index contributed by atoms with van der Waals surface area (Å²) in [4.78, 5) is 25.7. The van der Waals surface area contributed by atoms with Gasteiger partial charge in [-0.1, -0.05) is 17.7 Å². The van der Waals surface area contributed by atoms with Gasteiger partial charge in [0.2, 0.25) is 11.8 Å². The van der Waals surface area contributed by atoms with E-state index < -0.39 is 6.04 Å². The summed E-state index contributed by atoms with van der Waals surface area (Å²) in [5, 5.41) is 2.97. The molecule has 1 heterocycles. The molecule has 1 unspecified atom stereocenters. The lowest BCUT2D eigenvalue weighted by Gasteiger charge is -2.24. The van der Waals surface area contributed by atoms with E-state index in [9.17, 15) is 9.59 Å². The number of aryl methyl sites for hydroxylation is 3. The van der Waals surface area contributed by atoms with Crippen LogP contribution in [0.5, 0.6) is 0 Å². The number of likely N-dealkylation sites (tertiary alicyclic amines) is 1. The second-order valence-electron chi connectivity index (χ2n) is 5.63. The van der Waals surface area contributed by atoms with Crippen molar-refractivity contribution in [2.45, 2.75) is 46.6 Å². The third kappa shape index (κ3) is 2.84. The van der Waals surface area contributed by atoms with Crippen LogP contribution in [0.25, 0.3) is 0 Å². The van der Waals surface area contributed by atoms with Crippen molar-refractivity contribution < 1.29 is 9.59 Å². The summed E-state index contributed by atoms with van der Waals surface area (Å²) in [6, 6.07) is 3.69. The van der Waals surface area contributed by atoms with E-state index in [0.29, 0.717) is 13.0 Å². The van der Waals surface area contributed by atoms with Crippen molar-refractivity contribution in [2.75, 3.05) is 11.9 Å². The highest BCUT2D eigenvalue weighted by Crippen LogP contribution is 2.23. The number of hydrogen-bond acceptors (Lipinski definition) is 2. The van der Waals surface area contributed by atoms with Gasteiger partial charge in [-0.15, -0.1) is 0 Å². The van der Waals surface area contributed by atoms with Crippen LogP contribution in [0, 0.1) is 20.8 Å². The smallest absolute Gasteiger partial charge is 0.246 e. The van der Waals surface area contributed by atoms with Gasteiger partial charge in [-0.3, -0.25) is 9.59 Å². The molecule has 1 saturated heterocycles. The molecule has 2 amide bonds. The fourth-order valence-electron chi connectivity index (χ4n) is 2.82. The lowest BCUT2D eigenvalue weighted by atomic mass is 10.0. The maximum absolute atomic E-state index is 12.3. The molecule has 0 aromatic heterocycles. The summed E-state index contributed by atoms with van der Waals surface area (Å²) in [5.41, 5.74) is 4.14. The number of rotatable bonds is 3. The molecule has 108 valence electrons. The Hall–Kier alpha value is -1.84. The Bertz CT molecular complexity index is 528. The second-order valence-corrected chi connectivity index (χ2v) is 5.63. The standard InChI is InChI=1S/C16H22N2O2/c1-10-8-11(2)15(12(3)9-10)17-16(20)13(4)18-7-5-6-14(18)19/h8-9,13H,5-7H2,1-4H3,(H,17,20). The van der Waals surface area contributed by atoms with E-state index in [0.717, 1.165) is 23.2 Å². The first-order valence-electron chi connectivity index (χ1n) is 7.08. The van der Waals surface area contributed by atoms with Crippen LogP contribution in [0.4, 0.5) is 5.69 Å². The number of benzene rings is 1. The first kappa shape index (κ1) is 14.6. The molecule has 1 fully saturated rings. The predicted octanol–water partition coefficient (Wildman–Crippen LogP) is 2.56. The number of carbonyl (C=O) groups excluding carboxylic acids is 2. The van der Waals surface area contributed by atoms with Crippen LogP contribution in [-0.2, 0) is 9.59 Å². The van der Waals surface area contributed by atoms with Crippen molar-refractivity contribution in [3.8, 4) is 0 Å². The van der Waals surface area contributed by atoms with E-state index in [2.05, 4.69) is 5.32 Å². The van der Waals surface area contributed by atoms with Crippen LogP contribution in [0.15, 0.2) is 12.1 Å². The molecule has 1 aliphatic rings. The molecule has 1 aliphatic heterocycles. The zero-order valence-electron chi connectivity index (χ0n) is 12.6. The molecule has 1 N–H and O–H groups in total. The lowest BCUT2D eigenvalue weighted by molar-refractivity contribution is -0.134. The van der Waals surface area contributed by atoms with Gasteiger partial charge >= 0.3 is 0 Å². The Balaban J connectivity index is 2.14. The van der Waals surface area contributed by atoms with Gasteiger partial charge in [0.15, 0.2) is 0 Å². The molecule has 0 saturated carbocycles. The van der Waals surface area contributed by atoms with Crippen LogP contribution >= 0.6 is 0 Å². The minimum Gasteiger partial charge on any atom is -0.331 e. The van der Waals surface area contributed by atoms with Crippen molar-refractivity contribution in [3.63, 3.8) is 0 Å². The van der Waals surface area contributed by atoms with E-state index in [1.165, 1.54) is 5.56 Å². The summed E-state index contributed by atoms with van der Waals surface area (Å²) in [6.07, 6.45) is 1.40. The molecule has 0 spiro atoms. The third-order valence-electron chi connectivity index (χ3n) is 3.88. The Morgan fingerprint density at radius 2 is 1.85 bits per heavy atom. The highest BCUT2D eigenvalue weighted by atomic mass is 16.2. The molecule has 20 heavy (non-hydrogen) atoms. The molecule has 0 radical (unpaired) electrons. The zero-order valence-corrected chi connectivity index (χ0v) is 12.6. The molecule has 0 aliphatic carbocycles. The highest BCUT2D eigenvalue weighted by molar-refractivity contribution is 5.98. The monoisotopic (exact) mass is 274 g/mol. The predicted molar refractivity (Wildman–Crippen MR) is 79.7 cm³/mol. The van der Waals surface area contributed by atoms with Crippen LogP contribution in [0.2, 0.25) is 0 Å². The molecular formula is C16H22N2O2. The summed E-state index contributed by atoms with van der Waals surface area (Å²) in [5.74, 6) is -0.0414. The summed E-state index contributed by atoms with van der Waals surface area (Å²) >= 11 is 0. The van der Waals surface area contributed by atoms with E-state index in [1.807, 2.05) is 32.9 Å². The number of amides is 2. The number of nitrogens with one attached hydrogen (secondary N) is 1. The van der Waals surface area contributed by atoms with Gasteiger partial charge in [-0.25, -0.2) is 0 Å². The minimum atomic E-state index is -0.412. The minimum absolute atomic E-state index is 0.0741. The van der Waals surface area contributed by atoms with Crippen molar-refractivity contribution >= 4 is 17.5 Å². The normalized spacial score (nSPS) is 16.4. The van der Waals surface area contributed by atoms with Crippen molar-refractivity contribution in [1.29, 1.82) is 0 Å². The Labute approximate surface area is 120 Å². The van der Waals surface area contributed by atoms with E-state index in [1.54, 1.807) is 11.8 Å². The molecule has 4 nitrogen and oxygen atoms in total. The van der Waals surface area contributed by atoms with Crippen molar-refractivity contribution in [1.82, 2.24) is 4.90 Å². The molecular weight excluding hydrogens is 252 g/mol. The Morgan fingerprint density at radius 3 is 2.35 bits per heavy atom. The molecule has 4 heteroatoms. The number of hydrogen-bond donors (Lipinski definition) is 1. The Morgan fingerprint density at radius 1 is 1.25 bits per heavy atom. The third-order valence-corrected chi connectivity index (χ3v) is 3.88. The van der Waals surface area contributed by atoms with E-state index >= 15 is 0 Å². The fourth-order valence-corrected chi connectivity index (χ4v) is 2.82. The van der Waals surface area contributed by atoms with Gasteiger partial charge in [0.1, 0.15) is 6.04 Å². The number of anilines is 1. The number of nitrogens with zero attached hydrogens (tertiary/aromatic N) is 1. The Kier molecular flexibility index (Phi) is 4.12. The van der Waals surface area contributed by atoms with Crippen molar-refractivity contribution in [2.24, 2.45) is 0 Å². The van der Waals surface area contributed by atoms with Gasteiger partial charge < -0.3 is 10.2 Å². The average Bonchev–Trinajstić information content (AvgIpc) is 2.78. The molecule has 1 atom stereocenters.